The molecule has 3 atom stereocenters. The van der Waals surface area contributed by atoms with Crippen molar-refractivity contribution in [3.8, 4) is 0 Å². The number of likely N-dealkylation sites (N-methyl/N-ethyl adjacent to an activating group) is 1. The molecule has 0 rings (SSSR count). The van der Waals surface area contributed by atoms with Crippen molar-refractivity contribution in [2.45, 2.75) is 354 Å². The second-order valence-corrected chi connectivity index (χ2v) is 28.6. The van der Waals surface area contributed by atoms with Crippen molar-refractivity contribution >= 4 is 19.7 Å². The maximum Gasteiger partial charge on any atom is 0.472 e. The van der Waals surface area contributed by atoms with Crippen molar-refractivity contribution in [2.24, 2.45) is 0 Å². The summed E-state index contributed by atoms with van der Waals surface area (Å²) in [6.07, 6.45) is 101. The van der Waals surface area contributed by atoms with Crippen molar-refractivity contribution < 1.29 is 37.3 Å². The van der Waals surface area contributed by atoms with Crippen LogP contribution >= 0.6 is 7.82 Å². The van der Waals surface area contributed by atoms with Crippen LogP contribution in [0.25, 0.3) is 0 Å². The van der Waals surface area contributed by atoms with E-state index < -0.39 is 20.0 Å². The number of unbranched alkanes of at least 4 members (excludes halogenated alkanes) is 36. The van der Waals surface area contributed by atoms with Gasteiger partial charge in [-0.25, -0.2) is 4.57 Å². The van der Waals surface area contributed by atoms with Gasteiger partial charge < -0.3 is 19.4 Å². The number of carbonyl (C=O) groups is 2. The zero-order valence-electron chi connectivity index (χ0n) is 61.5. The Hall–Kier alpha value is -3.59. The lowest BCUT2D eigenvalue weighted by Gasteiger charge is -2.27. The minimum atomic E-state index is -4.47. The van der Waals surface area contributed by atoms with E-state index in [0.29, 0.717) is 17.4 Å². The van der Waals surface area contributed by atoms with Gasteiger partial charge in [0.1, 0.15) is 19.3 Å². The molecule has 1 amide bonds. The number of hydrogen-bond donors (Lipinski definition) is 2. The largest absolute Gasteiger partial charge is 0.472 e. The molecule has 0 radical (unpaired) electrons. The van der Waals surface area contributed by atoms with Crippen molar-refractivity contribution in [3.63, 3.8) is 0 Å². The van der Waals surface area contributed by atoms with Crippen LogP contribution in [0.4, 0.5) is 0 Å². The number of esters is 1. The maximum absolute atomic E-state index is 13.7. The summed E-state index contributed by atoms with van der Waals surface area (Å²) in [7, 11) is 1.49. The van der Waals surface area contributed by atoms with E-state index in [1.165, 1.54) is 199 Å². The first-order valence-electron chi connectivity index (χ1n) is 38.9. The van der Waals surface area contributed by atoms with Crippen molar-refractivity contribution in [2.75, 3.05) is 40.9 Å². The monoisotopic (exact) mass is 1320 g/mol. The zero-order chi connectivity index (χ0) is 67.8. The van der Waals surface area contributed by atoms with Crippen LogP contribution in [0.5, 0.6) is 0 Å². The van der Waals surface area contributed by atoms with Crippen LogP contribution in [0.1, 0.15) is 342 Å². The molecule has 0 fully saturated rings. The molecule has 0 aromatic heterocycles. The predicted octanol–water partition coefficient (Wildman–Crippen LogP) is 25.3. The molecule has 0 aromatic carbocycles. The molecule has 93 heavy (non-hydrogen) atoms. The van der Waals surface area contributed by atoms with Crippen molar-refractivity contribution in [1.29, 1.82) is 0 Å². The van der Waals surface area contributed by atoms with Crippen molar-refractivity contribution in [1.82, 2.24) is 5.32 Å². The first-order chi connectivity index (χ1) is 45.4. The zero-order valence-corrected chi connectivity index (χ0v) is 62.4. The normalized spacial score (nSPS) is 14.1. The highest BCUT2D eigenvalue weighted by Gasteiger charge is 2.30. The summed E-state index contributed by atoms with van der Waals surface area (Å²) in [5, 5.41) is 3.08. The Labute approximate surface area is 575 Å². The van der Waals surface area contributed by atoms with Gasteiger partial charge in [0.25, 0.3) is 0 Å². The Bertz CT molecular complexity index is 2010. The Morgan fingerprint density at radius 1 is 0.387 bits per heavy atom. The van der Waals surface area contributed by atoms with Gasteiger partial charge >= 0.3 is 13.8 Å². The summed E-state index contributed by atoms with van der Waals surface area (Å²) in [4.78, 5) is 38.1. The third-order valence-corrected chi connectivity index (χ3v) is 17.9. The topological polar surface area (TPSA) is 111 Å². The number of phosphoric ester groups is 1. The predicted molar refractivity (Wildman–Crippen MR) is 406 cm³/mol. The highest BCUT2D eigenvalue weighted by atomic mass is 31.2. The number of nitrogens with zero attached hydrogens (tertiary/aromatic N) is 1. The third-order valence-electron chi connectivity index (χ3n) is 16.9. The molecule has 0 bridgehead atoms. The number of ether oxygens (including phenoxy) is 1. The molecule has 0 spiro atoms. The van der Waals surface area contributed by atoms with Gasteiger partial charge in [-0.2, -0.15) is 0 Å². The quantitative estimate of drug-likeness (QED) is 0.0205. The lowest BCUT2D eigenvalue weighted by Crippen LogP contribution is -2.47. The molecule has 536 valence electrons. The maximum atomic E-state index is 13.7. The number of phosphoric acid groups is 1. The van der Waals surface area contributed by atoms with Gasteiger partial charge in [-0.15, -0.1) is 0 Å². The molecule has 0 aliphatic carbocycles. The fourth-order valence-electron chi connectivity index (χ4n) is 11.0. The number of rotatable bonds is 70. The highest BCUT2D eigenvalue weighted by Crippen LogP contribution is 2.43. The summed E-state index contributed by atoms with van der Waals surface area (Å²) in [5.41, 5.74) is 0. The van der Waals surface area contributed by atoms with E-state index in [2.05, 4.69) is 135 Å². The first-order valence-corrected chi connectivity index (χ1v) is 40.4. The molecule has 0 aliphatic heterocycles. The Morgan fingerprint density at radius 2 is 0.688 bits per heavy atom. The molecule has 9 nitrogen and oxygen atoms in total. The van der Waals surface area contributed by atoms with Crippen LogP contribution in [0.3, 0.4) is 0 Å². The van der Waals surface area contributed by atoms with Gasteiger partial charge in [-0.1, -0.05) is 329 Å². The van der Waals surface area contributed by atoms with Gasteiger partial charge in [-0.05, 0) is 122 Å². The highest BCUT2D eigenvalue weighted by molar-refractivity contribution is 7.47. The number of hydrogen-bond acceptors (Lipinski definition) is 6. The van der Waals surface area contributed by atoms with E-state index >= 15 is 0 Å². The van der Waals surface area contributed by atoms with Crippen LogP contribution in [-0.4, -0.2) is 74.3 Å². The van der Waals surface area contributed by atoms with E-state index in [0.717, 1.165) is 109 Å². The van der Waals surface area contributed by atoms with Gasteiger partial charge in [0, 0.05) is 12.8 Å². The van der Waals surface area contributed by atoms with Gasteiger partial charge in [0.2, 0.25) is 5.91 Å². The molecule has 2 N–H and O–H groups in total. The van der Waals surface area contributed by atoms with E-state index in [-0.39, 0.29) is 31.5 Å². The average Bonchev–Trinajstić information content (AvgIpc) is 2.15. The number of amides is 1. The fraction of sp³-hybridized carbons (Fsp3) is 0.735. The number of nitrogens with one attached hydrogen (secondary N) is 1. The molecule has 0 saturated heterocycles. The molecular weight excluding hydrogens is 1170 g/mol. The lowest BCUT2D eigenvalue weighted by molar-refractivity contribution is -0.870. The van der Waals surface area contributed by atoms with Crippen molar-refractivity contribution in [3.05, 3.63) is 122 Å². The smallest absolute Gasteiger partial charge is 0.456 e. The number of carbonyl (C=O) groups excluding carboxylic acids is 2. The van der Waals surface area contributed by atoms with E-state index in [1.54, 1.807) is 0 Å². The minimum Gasteiger partial charge on any atom is -0.456 e. The molecule has 0 aliphatic rings. The molecule has 0 saturated carbocycles. The summed E-state index contributed by atoms with van der Waals surface area (Å²) >= 11 is 0. The summed E-state index contributed by atoms with van der Waals surface area (Å²) in [6, 6.07) is -0.860. The standard InChI is InChI=1S/C83H147N2O7P/c1-7-10-13-16-19-22-25-28-30-32-34-36-38-40-42-44-46-48-50-52-54-57-60-63-66-69-72-75-82(86)84-80(79-91-93(88,89)90-78-77-85(4,5)6)81(74-71-68-65-62-59-56-27-24-21-18-15-12-9-3)92-83(87)76-73-70-67-64-61-58-55-53-51-49-47-45-43-41-39-37-35-33-31-29-26-23-20-17-14-11-8-2/h11,14,19-20,22-23,28-31,34-37,40-43,71,74,80-81H,7-10,12-13,15-18,21,24-27,32-33,38-39,44-70,72-73,75-79H2,1-6H3,(H-,84,86,88,89)/p+1/b14-11-,22-19-,23-20-,30-28-,31-29-,36-34-,37-35-,42-40-,43-41-,74-71+. The van der Waals surface area contributed by atoms with Crippen LogP contribution in [0.15, 0.2) is 122 Å². The van der Waals surface area contributed by atoms with Crippen LogP contribution in [-0.2, 0) is 27.9 Å². The Balaban J connectivity index is 5.02. The van der Waals surface area contributed by atoms with Gasteiger partial charge in [0.15, 0.2) is 0 Å². The Morgan fingerprint density at radius 3 is 1.05 bits per heavy atom. The second kappa shape index (κ2) is 71.2. The minimum absolute atomic E-state index is 0.0346. The molecule has 0 heterocycles. The second-order valence-electron chi connectivity index (χ2n) is 27.1. The average molecular weight is 1320 g/mol. The fourth-order valence-corrected chi connectivity index (χ4v) is 11.7. The third kappa shape index (κ3) is 72.5. The number of quaternary nitrogens is 1. The molecule has 0 aromatic rings. The van der Waals surface area contributed by atoms with E-state index in [1.807, 2.05) is 33.3 Å². The summed E-state index contributed by atoms with van der Waals surface area (Å²) < 4.78 is 30.9. The Kier molecular flexibility index (Phi) is 68.4. The van der Waals surface area contributed by atoms with Crippen LogP contribution in [0.2, 0.25) is 0 Å². The van der Waals surface area contributed by atoms with E-state index in [9.17, 15) is 19.0 Å². The van der Waals surface area contributed by atoms with Gasteiger partial charge in [0.05, 0.1) is 33.8 Å². The first kappa shape index (κ1) is 89.4. The molecule has 10 heteroatoms. The number of allylic oxidation sites excluding steroid dienone is 19. The van der Waals surface area contributed by atoms with Gasteiger partial charge in [-0.3, -0.25) is 18.6 Å². The summed E-state index contributed by atoms with van der Waals surface area (Å²) in [6.45, 7) is 6.90. The van der Waals surface area contributed by atoms with E-state index in [4.69, 9.17) is 13.8 Å². The SMILES string of the molecule is CC/C=C\C/C=C\C/C=C\C/C=C\C/C=C\CCCCCCCCCCCCCC(=O)OC(/C=C/CCCCCCCCCCCCC)C(COP(=O)(O)OCC[N+](C)(C)C)NC(=O)CCCCCCCCCCCCC/C=C\C/C=C\C/C=C\C/C=C\CCCCC. The van der Waals surface area contributed by atoms with Crippen LogP contribution < -0.4 is 5.32 Å². The van der Waals surface area contributed by atoms with Crippen LogP contribution in [0, 0.1) is 0 Å². The lowest BCUT2D eigenvalue weighted by atomic mass is 10.0. The molecule has 3 unspecified atom stereocenters. The molecular formula is C83H148N2O7P+. The summed E-state index contributed by atoms with van der Waals surface area (Å²) in [5.74, 6) is -0.508.